The quantitative estimate of drug-likeness (QED) is 0.388. The van der Waals surface area contributed by atoms with Gasteiger partial charge in [0.15, 0.2) is 0 Å². The molecule has 0 rings (SSSR count). The summed E-state index contributed by atoms with van der Waals surface area (Å²) >= 11 is 0. The minimum Gasteiger partial charge on any atom is -0.264 e. The Bertz CT molecular complexity index is 327. The van der Waals surface area contributed by atoms with Gasteiger partial charge in [-0.1, -0.05) is 71.6 Å². The number of hydrogen-bond donors (Lipinski definition) is 1. The standard InChI is InChI=1S/C15H32O4S/c1-4-6-8-10-12-14-15(3,19-20(16,17)18)13-11-9-7-5-2/h4-14H2,1-3H3,(H,16,17,18). The van der Waals surface area contributed by atoms with Gasteiger partial charge in [-0.05, 0) is 19.8 Å². The van der Waals surface area contributed by atoms with Crippen molar-refractivity contribution in [3.8, 4) is 0 Å². The molecular formula is C15H32O4S. The largest absolute Gasteiger partial charge is 0.397 e. The van der Waals surface area contributed by atoms with Crippen LogP contribution in [0.4, 0.5) is 0 Å². The van der Waals surface area contributed by atoms with Crippen molar-refractivity contribution >= 4 is 10.4 Å². The molecule has 0 saturated carbocycles. The third-order valence-electron chi connectivity index (χ3n) is 3.67. The van der Waals surface area contributed by atoms with Crippen LogP contribution in [0, 0.1) is 0 Å². The third kappa shape index (κ3) is 11.7. The zero-order valence-corrected chi connectivity index (χ0v) is 14.2. The lowest BCUT2D eigenvalue weighted by Crippen LogP contribution is -2.31. The van der Waals surface area contributed by atoms with Crippen LogP contribution in [0.25, 0.3) is 0 Å². The van der Waals surface area contributed by atoms with Crippen LogP contribution in [0.15, 0.2) is 0 Å². The molecule has 0 aliphatic heterocycles. The average Bonchev–Trinajstić information content (AvgIpc) is 2.32. The van der Waals surface area contributed by atoms with Crippen LogP contribution < -0.4 is 0 Å². The lowest BCUT2D eigenvalue weighted by atomic mass is 9.92. The Hall–Kier alpha value is -0.130. The molecule has 0 radical (unpaired) electrons. The van der Waals surface area contributed by atoms with Crippen molar-refractivity contribution in [2.24, 2.45) is 0 Å². The Morgan fingerprint density at radius 1 is 0.850 bits per heavy atom. The molecule has 0 amide bonds. The monoisotopic (exact) mass is 308 g/mol. The Labute approximate surface area is 125 Å². The van der Waals surface area contributed by atoms with E-state index in [2.05, 4.69) is 13.8 Å². The molecule has 0 aromatic rings. The van der Waals surface area contributed by atoms with E-state index in [0.717, 1.165) is 38.5 Å². The first-order valence-electron chi connectivity index (χ1n) is 8.01. The molecule has 122 valence electrons. The molecule has 0 spiro atoms. The highest BCUT2D eigenvalue weighted by atomic mass is 32.3. The van der Waals surface area contributed by atoms with Crippen molar-refractivity contribution in [1.29, 1.82) is 0 Å². The van der Waals surface area contributed by atoms with E-state index in [1.54, 1.807) is 6.92 Å². The highest BCUT2D eigenvalue weighted by Gasteiger charge is 2.29. The minimum absolute atomic E-state index is 0.681. The van der Waals surface area contributed by atoms with Gasteiger partial charge in [0.1, 0.15) is 0 Å². The molecule has 1 unspecified atom stereocenters. The van der Waals surface area contributed by atoms with Crippen LogP contribution in [-0.4, -0.2) is 18.6 Å². The summed E-state index contributed by atoms with van der Waals surface area (Å²) in [5.74, 6) is 0. The van der Waals surface area contributed by atoms with Gasteiger partial charge in [0.25, 0.3) is 0 Å². The summed E-state index contributed by atoms with van der Waals surface area (Å²) < 4.78 is 35.9. The van der Waals surface area contributed by atoms with Crippen molar-refractivity contribution < 1.29 is 17.2 Å². The van der Waals surface area contributed by atoms with Gasteiger partial charge in [-0.2, -0.15) is 8.42 Å². The van der Waals surface area contributed by atoms with Gasteiger partial charge in [0, 0.05) is 0 Å². The van der Waals surface area contributed by atoms with Crippen molar-refractivity contribution in [3.63, 3.8) is 0 Å². The normalized spacial score (nSPS) is 15.2. The fourth-order valence-corrected chi connectivity index (χ4v) is 3.17. The van der Waals surface area contributed by atoms with E-state index in [9.17, 15) is 8.42 Å². The number of hydrogen-bond acceptors (Lipinski definition) is 3. The van der Waals surface area contributed by atoms with Crippen LogP contribution in [0.1, 0.15) is 91.4 Å². The SMILES string of the molecule is CCCCCCCC(C)(CCCCCC)OS(=O)(=O)O. The summed E-state index contributed by atoms with van der Waals surface area (Å²) in [5, 5.41) is 0. The summed E-state index contributed by atoms with van der Waals surface area (Å²) in [5.41, 5.74) is -0.756. The third-order valence-corrected chi connectivity index (χ3v) is 4.29. The zero-order valence-electron chi connectivity index (χ0n) is 13.4. The molecule has 1 N–H and O–H groups in total. The first-order chi connectivity index (χ1) is 9.33. The van der Waals surface area contributed by atoms with Gasteiger partial charge >= 0.3 is 10.4 Å². The molecule has 1 atom stereocenters. The van der Waals surface area contributed by atoms with Crippen LogP contribution in [0.2, 0.25) is 0 Å². The second kappa shape index (κ2) is 10.6. The van der Waals surface area contributed by atoms with Gasteiger partial charge in [-0.25, -0.2) is 4.18 Å². The maximum absolute atomic E-state index is 11.0. The molecule has 0 aromatic heterocycles. The minimum atomic E-state index is -4.37. The van der Waals surface area contributed by atoms with E-state index in [1.165, 1.54) is 19.3 Å². The molecule has 0 aromatic carbocycles. The maximum Gasteiger partial charge on any atom is 0.397 e. The summed E-state index contributed by atoms with van der Waals surface area (Å²) in [6.07, 6.45) is 11.3. The van der Waals surface area contributed by atoms with Gasteiger partial charge in [0.2, 0.25) is 0 Å². The number of rotatable bonds is 13. The summed E-state index contributed by atoms with van der Waals surface area (Å²) in [6.45, 7) is 6.10. The van der Waals surface area contributed by atoms with E-state index in [1.807, 2.05) is 0 Å². The Morgan fingerprint density at radius 2 is 1.25 bits per heavy atom. The van der Waals surface area contributed by atoms with E-state index in [-0.39, 0.29) is 0 Å². The molecule has 0 bridgehead atoms. The topological polar surface area (TPSA) is 63.6 Å². The fourth-order valence-electron chi connectivity index (χ4n) is 2.49. The lowest BCUT2D eigenvalue weighted by molar-refractivity contribution is 0.0576. The number of unbranched alkanes of at least 4 members (excludes halogenated alkanes) is 7. The van der Waals surface area contributed by atoms with Crippen molar-refractivity contribution in [1.82, 2.24) is 0 Å². The highest BCUT2D eigenvalue weighted by molar-refractivity contribution is 7.80. The molecule has 0 aliphatic carbocycles. The fraction of sp³-hybridized carbons (Fsp3) is 1.00. The maximum atomic E-state index is 11.0. The second-order valence-electron chi connectivity index (χ2n) is 5.94. The van der Waals surface area contributed by atoms with E-state index >= 15 is 0 Å². The smallest absolute Gasteiger partial charge is 0.264 e. The van der Waals surface area contributed by atoms with Gasteiger partial charge in [0.05, 0.1) is 5.60 Å². The lowest BCUT2D eigenvalue weighted by Gasteiger charge is -2.27. The Balaban J connectivity index is 4.23. The molecule has 0 aliphatic rings. The van der Waals surface area contributed by atoms with Gasteiger partial charge < -0.3 is 0 Å². The van der Waals surface area contributed by atoms with Gasteiger partial charge in [-0.3, -0.25) is 4.55 Å². The summed E-state index contributed by atoms with van der Waals surface area (Å²) in [6, 6.07) is 0. The zero-order chi connectivity index (χ0) is 15.5. The van der Waals surface area contributed by atoms with E-state index in [0.29, 0.717) is 12.8 Å². The molecule has 4 nitrogen and oxygen atoms in total. The van der Waals surface area contributed by atoms with Crippen molar-refractivity contribution in [2.75, 3.05) is 0 Å². The Kier molecular flexibility index (Phi) is 10.5. The molecule has 0 fully saturated rings. The van der Waals surface area contributed by atoms with Crippen LogP contribution in [-0.2, 0) is 14.6 Å². The summed E-state index contributed by atoms with van der Waals surface area (Å²) in [4.78, 5) is 0. The summed E-state index contributed by atoms with van der Waals surface area (Å²) in [7, 11) is -4.37. The predicted octanol–water partition coefficient (Wildman–Crippen LogP) is 4.90. The molecular weight excluding hydrogens is 276 g/mol. The van der Waals surface area contributed by atoms with Crippen LogP contribution in [0.3, 0.4) is 0 Å². The second-order valence-corrected chi connectivity index (χ2v) is 6.96. The molecule has 5 heteroatoms. The van der Waals surface area contributed by atoms with Gasteiger partial charge in [-0.15, -0.1) is 0 Å². The highest BCUT2D eigenvalue weighted by Crippen LogP contribution is 2.28. The van der Waals surface area contributed by atoms with Crippen LogP contribution >= 0.6 is 0 Å². The molecule has 0 saturated heterocycles. The van der Waals surface area contributed by atoms with E-state index < -0.39 is 16.0 Å². The molecule has 20 heavy (non-hydrogen) atoms. The first kappa shape index (κ1) is 19.9. The van der Waals surface area contributed by atoms with Crippen LogP contribution in [0.5, 0.6) is 0 Å². The van der Waals surface area contributed by atoms with Crippen molar-refractivity contribution in [3.05, 3.63) is 0 Å². The van der Waals surface area contributed by atoms with Crippen molar-refractivity contribution in [2.45, 2.75) is 97.0 Å². The predicted molar refractivity (Wildman–Crippen MR) is 83.2 cm³/mol. The average molecular weight is 308 g/mol. The first-order valence-corrected chi connectivity index (χ1v) is 9.37. The Morgan fingerprint density at radius 3 is 1.65 bits per heavy atom. The molecule has 0 heterocycles. The van der Waals surface area contributed by atoms with E-state index in [4.69, 9.17) is 8.74 Å².